The van der Waals surface area contributed by atoms with Crippen molar-refractivity contribution >= 4 is 29.1 Å². The van der Waals surface area contributed by atoms with Crippen LogP contribution in [0.4, 0.5) is 0 Å². The van der Waals surface area contributed by atoms with Gasteiger partial charge in [0, 0.05) is 17.1 Å². The molecule has 1 amide bonds. The Morgan fingerprint density at radius 2 is 2.10 bits per heavy atom. The lowest BCUT2D eigenvalue weighted by atomic mass is 9.67. The summed E-state index contributed by atoms with van der Waals surface area (Å²) in [6, 6.07) is 10.8. The molecule has 1 saturated heterocycles. The van der Waals surface area contributed by atoms with Crippen LogP contribution >= 0.6 is 23.2 Å². The molecular formula is C24H28Cl2N2O2. The monoisotopic (exact) mass is 446 g/mol. The summed E-state index contributed by atoms with van der Waals surface area (Å²) in [6.45, 7) is 7.73. The predicted octanol–water partition coefficient (Wildman–Crippen LogP) is 5.80. The minimum absolute atomic E-state index is 0.0170. The van der Waals surface area contributed by atoms with Crippen molar-refractivity contribution in [2.24, 2.45) is 5.41 Å². The number of benzene rings is 1. The molecule has 4 atom stereocenters. The topological polar surface area (TPSA) is 53.4 Å². The fraction of sp³-hybridized carbons (Fsp3) is 0.417. The number of halogens is 2. The normalized spacial score (nSPS) is 25.2. The second-order valence-corrected chi connectivity index (χ2v) is 9.10. The number of hydrogen-bond acceptors (Lipinski definition) is 3. The zero-order chi connectivity index (χ0) is 21.9. The van der Waals surface area contributed by atoms with E-state index >= 15 is 0 Å². The van der Waals surface area contributed by atoms with Gasteiger partial charge in [0.25, 0.3) is 0 Å². The smallest absolute Gasteiger partial charge is 0.229 e. The van der Waals surface area contributed by atoms with Crippen molar-refractivity contribution in [3.8, 4) is 0 Å². The first-order valence-electron chi connectivity index (χ1n) is 10.3. The van der Waals surface area contributed by atoms with Gasteiger partial charge >= 0.3 is 0 Å². The average Bonchev–Trinajstić information content (AvgIpc) is 2.73. The van der Waals surface area contributed by atoms with Crippen LogP contribution in [0.3, 0.4) is 0 Å². The Bertz CT molecular complexity index is 898. The van der Waals surface area contributed by atoms with Crippen molar-refractivity contribution in [2.45, 2.75) is 51.1 Å². The van der Waals surface area contributed by atoms with Gasteiger partial charge < -0.3 is 10.0 Å². The SMILES string of the molecule is C=CCC1(C)CC(c2cccc(Cl)c2)C(c2ccc(Cl)cn2)N(C(CC)CO)C1=O. The number of allylic oxidation sites excluding steroid dienone is 1. The number of hydrogen-bond donors (Lipinski definition) is 1. The van der Waals surface area contributed by atoms with Crippen LogP contribution < -0.4 is 0 Å². The van der Waals surface area contributed by atoms with Crippen molar-refractivity contribution in [1.82, 2.24) is 9.88 Å². The standard InChI is InChI=1S/C24H28Cl2N2O2/c1-4-11-24(3)13-20(16-7-6-8-17(25)12-16)22(21-10-9-18(26)14-27-21)28(23(24)30)19(5-2)15-29/h4,6-10,12,14,19-20,22,29H,1,5,11,13,15H2,2-3H3. The summed E-state index contributed by atoms with van der Waals surface area (Å²) < 4.78 is 0. The molecule has 6 heteroatoms. The first-order chi connectivity index (χ1) is 14.3. The number of likely N-dealkylation sites (tertiary alicyclic amines) is 1. The van der Waals surface area contributed by atoms with Crippen LogP contribution in [-0.4, -0.2) is 33.5 Å². The third-order valence-corrected chi connectivity index (χ3v) is 6.56. The van der Waals surface area contributed by atoms with Crippen LogP contribution in [0.15, 0.2) is 55.3 Å². The van der Waals surface area contributed by atoms with E-state index in [1.807, 2.05) is 49.1 Å². The molecular weight excluding hydrogens is 419 g/mol. The van der Waals surface area contributed by atoms with Crippen LogP contribution in [0.25, 0.3) is 0 Å². The molecule has 160 valence electrons. The number of piperidine rings is 1. The lowest BCUT2D eigenvalue weighted by Gasteiger charge is -2.51. The summed E-state index contributed by atoms with van der Waals surface area (Å²) in [4.78, 5) is 20.2. The molecule has 4 unspecified atom stereocenters. The van der Waals surface area contributed by atoms with Crippen LogP contribution in [0.5, 0.6) is 0 Å². The van der Waals surface area contributed by atoms with Crippen LogP contribution in [0.1, 0.15) is 56.3 Å². The zero-order valence-corrected chi connectivity index (χ0v) is 18.9. The maximum Gasteiger partial charge on any atom is 0.229 e. The number of aromatic nitrogens is 1. The Morgan fingerprint density at radius 1 is 1.33 bits per heavy atom. The lowest BCUT2D eigenvalue weighted by Crippen LogP contribution is -2.56. The van der Waals surface area contributed by atoms with E-state index in [0.717, 1.165) is 11.3 Å². The highest BCUT2D eigenvalue weighted by Gasteiger charge is 2.51. The van der Waals surface area contributed by atoms with E-state index in [-0.39, 0.29) is 30.5 Å². The van der Waals surface area contributed by atoms with E-state index in [0.29, 0.717) is 29.3 Å². The van der Waals surface area contributed by atoms with Crippen LogP contribution in [-0.2, 0) is 4.79 Å². The molecule has 30 heavy (non-hydrogen) atoms. The highest BCUT2D eigenvalue weighted by molar-refractivity contribution is 6.30. The maximum atomic E-state index is 13.8. The fourth-order valence-electron chi connectivity index (χ4n) is 4.56. The van der Waals surface area contributed by atoms with E-state index in [9.17, 15) is 9.90 Å². The molecule has 0 aliphatic carbocycles. The molecule has 0 saturated carbocycles. The van der Waals surface area contributed by atoms with Gasteiger partial charge in [0.1, 0.15) is 0 Å². The second kappa shape index (κ2) is 9.51. The quantitative estimate of drug-likeness (QED) is 0.546. The highest BCUT2D eigenvalue weighted by Crippen LogP contribution is 2.51. The van der Waals surface area contributed by atoms with E-state index in [1.54, 1.807) is 18.3 Å². The van der Waals surface area contributed by atoms with Crippen LogP contribution in [0, 0.1) is 5.41 Å². The van der Waals surface area contributed by atoms with Crippen LogP contribution in [0.2, 0.25) is 10.0 Å². The molecule has 4 nitrogen and oxygen atoms in total. The van der Waals surface area contributed by atoms with Crippen molar-refractivity contribution in [3.63, 3.8) is 0 Å². The second-order valence-electron chi connectivity index (χ2n) is 8.22. The largest absolute Gasteiger partial charge is 0.394 e. The van der Waals surface area contributed by atoms with Gasteiger partial charge in [-0.25, -0.2) is 0 Å². The summed E-state index contributed by atoms with van der Waals surface area (Å²) in [5.41, 5.74) is 1.18. The Morgan fingerprint density at radius 3 is 2.67 bits per heavy atom. The highest BCUT2D eigenvalue weighted by atomic mass is 35.5. The number of nitrogens with zero attached hydrogens (tertiary/aromatic N) is 2. The number of carbonyl (C=O) groups excluding carboxylic acids is 1. The van der Waals surface area contributed by atoms with Gasteiger partial charge in [0.15, 0.2) is 0 Å². The van der Waals surface area contributed by atoms with Crippen molar-refractivity contribution in [1.29, 1.82) is 0 Å². The number of aliphatic hydroxyl groups is 1. The summed E-state index contributed by atoms with van der Waals surface area (Å²) >= 11 is 12.4. The Labute approximate surface area is 188 Å². The number of carbonyl (C=O) groups is 1. The Kier molecular flexibility index (Phi) is 7.22. The molecule has 1 aromatic heterocycles. The van der Waals surface area contributed by atoms with Gasteiger partial charge in [0.2, 0.25) is 5.91 Å². The summed E-state index contributed by atoms with van der Waals surface area (Å²) in [5, 5.41) is 11.3. The Hall–Kier alpha value is -1.88. The molecule has 0 spiro atoms. The number of aliphatic hydroxyl groups excluding tert-OH is 1. The number of pyridine rings is 1. The number of amides is 1. The molecule has 1 aliphatic heterocycles. The lowest BCUT2D eigenvalue weighted by molar-refractivity contribution is -0.156. The van der Waals surface area contributed by atoms with Gasteiger partial charge in [-0.1, -0.05) is 55.3 Å². The van der Waals surface area contributed by atoms with Crippen molar-refractivity contribution < 1.29 is 9.90 Å². The van der Waals surface area contributed by atoms with Gasteiger partial charge in [-0.2, -0.15) is 0 Å². The minimum atomic E-state index is -0.625. The van der Waals surface area contributed by atoms with Gasteiger partial charge in [-0.3, -0.25) is 9.78 Å². The molecule has 3 rings (SSSR count). The first kappa shape index (κ1) is 22.8. The summed E-state index contributed by atoms with van der Waals surface area (Å²) in [6.07, 6.45) is 5.23. The first-order valence-corrected chi connectivity index (χ1v) is 11.0. The predicted molar refractivity (Wildman–Crippen MR) is 122 cm³/mol. The van der Waals surface area contributed by atoms with Gasteiger partial charge in [0.05, 0.1) is 34.8 Å². The maximum absolute atomic E-state index is 13.8. The molecule has 0 bridgehead atoms. The summed E-state index contributed by atoms with van der Waals surface area (Å²) in [5.74, 6) is -0.0241. The number of rotatable bonds is 7. The molecule has 1 aliphatic rings. The zero-order valence-electron chi connectivity index (χ0n) is 17.4. The third-order valence-electron chi connectivity index (χ3n) is 6.10. The molecule has 2 heterocycles. The third kappa shape index (κ3) is 4.41. The molecule has 2 aromatic rings. The van der Waals surface area contributed by atoms with Gasteiger partial charge in [-0.05, 0) is 49.1 Å². The van der Waals surface area contributed by atoms with Crippen molar-refractivity contribution in [2.75, 3.05) is 6.61 Å². The minimum Gasteiger partial charge on any atom is -0.394 e. The fourth-order valence-corrected chi connectivity index (χ4v) is 4.87. The molecule has 1 fully saturated rings. The van der Waals surface area contributed by atoms with Gasteiger partial charge in [-0.15, -0.1) is 6.58 Å². The van der Waals surface area contributed by atoms with E-state index < -0.39 is 5.41 Å². The molecule has 0 radical (unpaired) electrons. The molecule has 1 aromatic carbocycles. The Balaban J connectivity index is 2.22. The summed E-state index contributed by atoms with van der Waals surface area (Å²) in [7, 11) is 0. The average molecular weight is 447 g/mol. The van der Waals surface area contributed by atoms with E-state index in [1.165, 1.54) is 0 Å². The van der Waals surface area contributed by atoms with Crippen molar-refractivity contribution in [3.05, 3.63) is 76.6 Å². The van der Waals surface area contributed by atoms with E-state index in [2.05, 4.69) is 11.6 Å². The van der Waals surface area contributed by atoms with E-state index in [4.69, 9.17) is 23.2 Å². The molecule has 1 N–H and O–H groups in total.